The summed E-state index contributed by atoms with van der Waals surface area (Å²) in [5.74, 6) is 3.65. The molecule has 0 aromatic heterocycles. The van der Waals surface area contributed by atoms with Crippen molar-refractivity contribution in [3.05, 3.63) is 96.2 Å². The van der Waals surface area contributed by atoms with Crippen molar-refractivity contribution in [1.82, 2.24) is 0 Å². The summed E-state index contributed by atoms with van der Waals surface area (Å²) in [5, 5.41) is 0. The lowest BCUT2D eigenvalue weighted by molar-refractivity contribution is 0.108. The van der Waals surface area contributed by atoms with Gasteiger partial charge in [0.2, 0.25) is 0 Å². The molecule has 0 bridgehead atoms. The maximum atomic E-state index is 4.22. The molecular weight excluding hydrogens is 444 g/mol. The predicted octanol–water partition coefficient (Wildman–Crippen LogP) is 10.3. The largest absolute Gasteiger partial charge is 0.103 e. The standard InChI is InChI=1S/C37H50/c1-8-9-23-37(27-17-13-14-18-27,26-15-11-10-12-16-26)34-32-24-28(35(2,3)4)19-21-30(32)31-22-20-29(25-33(31)34)36(5,6)7/h8,10-12,15-16,19-22,24-25,27,30-34H,1,9,13-14,17-18,23H2,2-7H3/t30-,31?,32?,33?,34?,37?/m0/s1. The number of rotatable bonds is 6. The fourth-order valence-electron chi connectivity index (χ4n) is 8.58. The molecule has 0 aliphatic heterocycles. The van der Waals surface area contributed by atoms with Gasteiger partial charge in [0.25, 0.3) is 0 Å². The first-order chi connectivity index (χ1) is 17.6. The Bertz CT molecular complexity index is 1040. The SMILES string of the molecule is C=CCCC(c1ccccc1)(C1CCCC1)C1C2C=C(C(C)(C)C)C=CC2[C@@H]2C=CC(C(C)(C)C)=CC12. The predicted molar refractivity (Wildman–Crippen MR) is 160 cm³/mol. The lowest BCUT2D eigenvalue weighted by Gasteiger charge is -2.50. The average molecular weight is 495 g/mol. The molecule has 0 heteroatoms. The monoisotopic (exact) mass is 494 g/mol. The van der Waals surface area contributed by atoms with Crippen LogP contribution >= 0.6 is 0 Å². The van der Waals surface area contributed by atoms with Crippen molar-refractivity contribution in [3.8, 4) is 0 Å². The Labute approximate surface area is 227 Å². The molecule has 0 spiro atoms. The number of benzene rings is 1. The Hall–Kier alpha value is -2.08. The van der Waals surface area contributed by atoms with E-state index < -0.39 is 0 Å². The molecule has 198 valence electrons. The highest BCUT2D eigenvalue weighted by atomic mass is 14.6. The molecule has 5 unspecified atom stereocenters. The molecule has 0 heterocycles. The van der Waals surface area contributed by atoms with Crippen molar-refractivity contribution in [3.63, 3.8) is 0 Å². The molecule has 0 amide bonds. The van der Waals surface area contributed by atoms with Crippen LogP contribution < -0.4 is 0 Å². The van der Waals surface area contributed by atoms with E-state index in [1.807, 2.05) is 0 Å². The summed E-state index contributed by atoms with van der Waals surface area (Å²) in [5.41, 5.74) is 5.16. The maximum Gasteiger partial charge on any atom is 0.00240 e. The molecule has 1 aromatic carbocycles. The van der Waals surface area contributed by atoms with Gasteiger partial charge in [-0.15, -0.1) is 6.58 Å². The molecule has 1 aromatic rings. The summed E-state index contributed by atoms with van der Waals surface area (Å²) in [6, 6.07) is 11.8. The van der Waals surface area contributed by atoms with Crippen LogP contribution in [0.2, 0.25) is 0 Å². The van der Waals surface area contributed by atoms with Crippen LogP contribution in [-0.4, -0.2) is 0 Å². The zero-order valence-electron chi connectivity index (χ0n) is 24.3. The van der Waals surface area contributed by atoms with Gasteiger partial charge < -0.3 is 0 Å². The Morgan fingerprint density at radius 2 is 1.27 bits per heavy atom. The highest BCUT2D eigenvalue weighted by molar-refractivity contribution is 5.42. The van der Waals surface area contributed by atoms with E-state index in [1.165, 1.54) is 43.3 Å². The van der Waals surface area contributed by atoms with E-state index in [0.717, 1.165) is 12.3 Å². The van der Waals surface area contributed by atoms with E-state index in [4.69, 9.17) is 0 Å². The second kappa shape index (κ2) is 9.91. The van der Waals surface area contributed by atoms with Gasteiger partial charge in [0, 0.05) is 5.41 Å². The number of fused-ring (bicyclic) bond motifs is 3. The molecule has 5 rings (SSSR count). The lowest BCUT2D eigenvalue weighted by Crippen LogP contribution is -2.46. The molecule has 0 nitrogen and oxygen atoms in total. The van der Waals surface area contributed by atoms with E-state index in [9.17, 15) is 0 Å². The van der Waals surface area contributed by atoms with E-state index in [1.54, 1.807) is 5.56 Å². The highest BCUT2D eigenvalue weighted by Crippen LogP contribution is 2.64. The normalized spacial score (nSPS) is 31.4. The Kier molecular flexibility index (Phi) is 7.10. The van der Waals surface area contributed by atoms with Gasteiger partial charge >= 0.3 is 0 Å². The van der Waals surface area contributed by atoms with Gasteiger partial charge in [-0.25, -0.2) is 0 Å². The van der Waals surface area contributed by atoms with Gasteiger partial charge in [0.15, 0.2) is 0 Å². The van der Waals surface area contributed by atoms with Crippen molar-refractivity contribution >= 4 is 0 Å². The first kappa shape index (κ1) is 26.5. The first-order valence-corrected chi connectivity index (χ1v) is 15.0. The summed E-state index contributed by atoms with van der Waals surface area (Å²) in [7, 11) is 0. The van der Waals surface area contributed by atoms with Gasteiger partial charge in [-0.3, -0.25) is 0 Å². The molecular formula is C37H50. The van der Waals surface area contributed by atoms with Crippen LogP contribution in [-0.2, 0) is 5.41 Å². The van der Waals surface area contributed by atoms with Gasteiger partial charge in [-0.2, -0.15) is 0 Å². The lowest BCUT2D eigenvalue weighted by atomic mass is 9.54. The van der Waals surface area contributed by atoms with Crippen molar-refractivity contribution in [2.45, 2.75) is 85.5 Å². The number of hydrogen-bond donors (Lipinski definition) is 0. The zero-order valence-corrected chi connectivity index (χ0v) is 24.3. The summed E-state index contributed by atoms with van der Waals surface area (Å²) < 4.78 is 0. The third-order valence-electron chi connectivity index (χ3n) is 10.4. The molecule has 37 heavy (non-hydrogen) atoms. The average Bonchev–Trinajstić information content (AvgIpc) is 3.51. The van der Waals surface area contributed by atoms with Gasteiger partial charge in [0.05, 0.1) is 0 Å². The summed E-state index contributed by atoms with van der Waals surface area (Å²) >= 11 is 0. The van der Waals surface area contributed by atoms with Gasteiger partial charge in [0.1, 0.15) is 0 Å². The fraction of sp³-hybridized carbons (Fsp3) is 0.568. The Morgan fingerprint density at radius 3 is 1.73 bits per heavy atom. The van der Waals surface area contributed by atoms with Gasteiger partial charge in [-0.1, -0.05) is 127 Å². The second-order valence-electron chi connectivity index (χ2n) is 14.5. The van der Waals surface area contributed by atoms with Crippen LogP contribution in [0.15, 0.2) is 90.6 Å². The topological polar surface area (TPSA) is 0 Å². The quantitative estimate of drug-likeness (QED) is 0.345. The summed E-state index contributed by atoms with van der Waals surface area (Å²) in [6.07, 6.45) is 25.7. The van der Waals surface area contributed by atoms with Crippen molar-refractivity contribution in [1.29, 1.82) is 0 Å². The summed E-state index contributed by atoms with van der Waals surface area (Å²) in [4.78, 5) is 0. The van der Waals surface area contributed by atoms with E-state index in [2.05, 4.69) is 121 Å². The zero-order chi connectivity index (χ0) is 26.4. The first-order valence-electron chi connectivity index (χ1n) is 15.0. The van der Waals surface area contributed by atoms with E-state index in [-0.39, 0.29) is 16.2 Å². The molecule has 2 fully saturated rings. The molecule has 6 atom stereocenters. The minimum absolute atomic E-state index is 0.170. The fourth-order valence-corrected chi connectivity index (χ4v) is 8.58. The highest BCUT2D eigenvalue weighted by Gasteiger charge is 2.59. The molecule has 0 radical (unpaired) electrons. The summed E-state index contributed by atoms with van der Waals surface area (Å²) in [6.45, 7) is 18.5. The smallest absolute Gasteiger partial charge is 0.00240 e. The van der Waals surface area contributed by atoms with Crippen LogP contribution in [0.5, 0.6) is 0 Å². The van der Waals surface area contributed by atoms with Crippen molar-refractivity contribution < 1.29 is 0 Å². The molecule has 0 N–H and O–H groups in total. The third kappa shape index (κ3) is 4.68. The van der Waals surface area contributed by atoms with Crippen LogP contribution in [0.1, 0.15) is 85.6 Å². The molecule has 4 aliphatic rings. The van der Waals surface area contributed by atoms with Crippen LogP contribution in [0.4, 0.5) is 0 Å². The van der Waals surface area contributed by atoms with Crippen molar-refractivity contribution in [2.24, 2.45) is 46.3 Å². The Balaban J connectivity index is 1.75. The third-order valence-corrected chi connectivity index (χ3v) is 10.4. The minimum Gasteiger partial charge on any atom is -0.103 e. The minimum atomic E-state index is 0.170. The molecule has 0 saturated heterocycles. The van der Waals surface area contributed by atoms with Crippen LogP contribution in [0, 0.1) is 46.3 Å². The Morgan fingerprint density at radius 1 is 0.757 bits per heavy atom. The number of hydrogen-bond acceptors (Lipinski definition) is 0. The van der Waals surface area contributed by atoms with Gasteiger partial charge in [-0.05, 0) is 88.7 Å². The van der Waals surface area contributed by atoms with E-state index >= 15 is 0 Å². The maximum absolute atomic E-state index is 4.22. The van der Waals surface area contributed by atoms with E-state index in [0.29, 0.717) is 29.6 Å². The molecule has 4 aliphatic carbocycles. The van der Waals surface area contributed by atoms with Crippen LogP contribution in [0.25, 0.3) is 0 Å². The van der Waals surface area contributed by atoms with Crippen LogP contribution in [0.3, 0.4) is 0 Å². The molecule has 2 saturated carbocycles. The second-order valence-corrected chi connectivity index (χ2v) is 14.5. The number of allylic oxidation sites excluding steroid dienone is 9. The van der Waals surface area contributed by atoms with Crippen molar-refractivity contribution in [2.75, 3.05) is 0 Å².